The minimum absolute atomic E-state index is 0.115. The number of rotatable bonds is 6. The van der Waals surface area contributed by atoms with Crippen molar-refractivity contribution in [3.05, 3.63) is 35.1 Å². The van der Waals surface area contributed by atoms with Gasteiger partial charge in [0.1, 0.15) is 11.9 Å². The van der Waals surface area contributed by atoms with E-state index >= 15 is 0 Å². The molecule has 108 valence electrons. The van der Waals surface area contributed by atoms with E-state index in [9.17, 15) is 9.18 Å². The zero-order valence-electron chi connectivity index (χ0n) is 11.6. The number of carbonyl (C=O) groups excluding carboxylic acids is 1. The molecule has 0 fully saturated rings. The van der Waals surface area contributed by atoms with Crippen LogP contribution in [0.1, 0.15) is 18.1 Å². The van der Waals surface area contributed by atoms with Crippen LogP contribution in [-0.2, 0) is 16.1 Å². The standard InChI is InChI=1S/C14H18FN3O2/c1-3-18(14(19)13(17)9-20-2)8-11-5-4-10(7-16)6-12(11)15/h4-6,13H,3,8-9,17H2,1-2H3. The lowest BCUT2D eigenvalue weighted by atomic mass is 10.1. The van der Waals surface area contributed by atoms with Crippen molar-refractivity contribution in [2.24, 2.45) is 5.73 Å². The fourth-order valence-electron chi connectivity index (χ4n) is 1.78. The number of amides is 1. The molecule has 1 aromatic carbocycles. The summed E-state index contributed by atoms with van der Waals surface area (Å²) in [4.78, 5) is 13.5. The summed E-state index contributed by atoms with van der Waals surface area (Å²) in [5, 5.41) is 8.69. The van der Waals surface area contributed by atoms with Crippen LogP contribution in [0.3, 0.4) is 0 Å². The van der Waals surface area contributed by atoms with E-state index in [1.165, 1.54) is 24.1 Å². The van der Waals surface area contributed by atoms with Crippen LogP contribution in [-0.4, -0.2) is 37.1 Å². The summed E-state index contributed by atoms with van der Waals surface area (Å²) >= 11 is 0. The maximum atomic E-state index is 13.8. The Labute approximate surface area is 117 Å². The number of nitrogens with zero attached hydrogens (tertiary/aromatic N) is 2. The molecule has 0 aliphatic carbocycles. The second kappa shape index (κ2) is 7.58. The molecule has 0 spiro atoms. The first-order chi connectivity index (χ1) is 9.53. The number of carbonyl (C=O) groups is 1. The van der Waals surface area contributed by atoms with Gasteiger partial charge in [-0.15, -0.1) is 0 Å². The van der Waals surface area contributed by atoms with E-state index in [0.717, 1.165) is 6.07 Å². The van der Waals surface area contributed by atoms with Gasteiger partial charge in [0.2, 0.25) is 5.91 Å². The molecule has 5 nitrogen and oxygen atoms in total. The molecule has 1 amide bonds. The summed E-state index contributed by atoms with van der Waals surface area (Å²) in [5.74, 6) is -0.797. The van der Waals surface area contributed by atoms with Crippen LogP contribution in [0.5, 0.6) is 0 Å². The van der Waals surface area contributed by atoms with Gasteiger partial charge in [-0.05, 0) is 19.1 Å². The fraction of sp³-hybridized carbons (Fsp3) is 0.429. The summed E-state index contributed by atoms with van der Waals surface area (Å²) < 4.78 is 18.6. The monoisotopic (exact) mass is 279 g/mol. The number of hydrogen-bond acceptors (Lipinski definition) is 4. The van der Waals surface area contributed by atoms with Crippen molar-refractivity contribution in [3.8, 4) is 6.07 Å². The van der Waals surface area contributed by atoms with Crippen molar-refractivity contribution in [3.63, 3.8) is 0 Å². The van der Waals surface area contributed by atoms with Crippen molar-refractivity contribution < 1.29 is 13.9 Å². The highest BCUT2D eigenvalue weighted by Crippen LogP contribution is 2.13. The largest absolute Gasteiger partial charge is 0.383 e. The van der Waals surface area contributed by atoms with Gasteiger partial charge < -0.3 is 15.4 Å². The van der Waals surface area contributed by atoms with Gasteiger partial charge in [-0.25, -0.2) is 4.39 Å². The van der Waals surface area contributed by atoms with Crippen LogP contribution in [0.4, 0.5) is 4.39 Å². The van der Waals surface area contributed by atoms with E-state index in [0.29, 0.717) is 12.1 Å². The molecule has 1 aromatic rings. The highest BCUT2D eigenvalue weighted by atomic mass is 19.1. The number of hydrogen-bond donors (Lipinski definition) is 1. The summed E-state index contributed by atoms with van der Waals surface area (Å²) in [6.07, 6.45) is 0. The number of nitriles is 1. The van der Waals surface area contributed by atoms with E-state index in [4.69, 9.17) is 15.7 Å². The van der Waals surface area contributed by atoms with E-state index in [-0.39, 0.29) is 24.6 Å². The lowest BCUT2D eigenvalue weighted by Crippen LogP contribution is -2.45. The quantitative estimate of drug-likeness (QED) is 0.843. The Morgan fingerprint density at radius 2 is 2.30 bits per heavy atom. The van der Waals surface area contributed by atoms with Crippen LogP contribution in [0, 0.1) is 17.1 Å². The Morgan fingerprint density at radius 1 is 1.60 bits per heavy atom. The average molecular weight is 279 g/mol. The van der Waals surface area contributed by atoms with Gasteiger partial charge in [-0.1, -0.05) is 6.07 Å². The fourth-order valence-corrected chi connectivity index (χ4v) is 1.78. The summed E-state index contributed by atoms with van der Waals surface area (Å²) in [5.41, 5.74) is 6.29. The molecule has 1 rings (SSSR count). The minimum atomic E-state index is -0.763. The van der Waals surface area contributed by atoms with E-state index in [1.807, 2.05) is 6.07 Å². The van der Waals surface area contributed by atoms with Crippen molar-refractivity contribution >= 4 is 5.91 Å². The Kier molecular flexibility index (Phi) is 6.10. The van der Waals surface area contributed by atoms with Crippen molar-refractivity contribution in [1.29, 1.82) is 5.26 Å². The molecule has 0 aliphatic rings. The Morgan fingerprint density at radius 3 is 2.80 bits per heavy atom. The van der Waals surface area contributed by atoms with Crippen molar-refractivity contribution in [2.75, 3.05) is 20.3 Å². The summed E-state index contributed by atoms with van der Waals surface area (Å²) in [6.45, 7) is 2.43. The normalized spacial score (nSPS) is 11.8. The number of likely N-dealkylation sites (N-methyl/N-ethyl adjacent to an activating group) is 1. The topological polar surface area (TPSA) is 79.4 Å². The molecular weight excluding hydrogens is 261 g/mol. The number of halogens is 1. The van der Waals surface area contributed by atoms with Crippen LogP contribution in [0.2, 0.25) is 0 Å². The van der Waals surface area contributed by atoms with Crippen molar-refractivity contribution in [2.45, 2.75) is 19.5 Å². The zero-order valence-corrected chi connectivity index (χ0v) is 11.6. The van der Waals surface area contributed by atoms with Crippen LogP contribution >= 0.6 is 0 Å². The Hall–Kier alpha value is -1.97. The molecule has 20 heavy (non-hydrogen) atoms. The molecule has 0 aliphatic heterocycles. The maximum Gasteiger partial charge on any atom is 0.242 e. The first kappa shape index (κ1) is 16.1. The zero-order chi connectivity index (χ0) is 15.1. The SMILES string of the molecule is CCN(Cc1ccc(C#N)cc1F)C(=O)C(N)COC. The predicted molar refractivity (Wildman–Crippen MR) is 72.1 cm³/mol. The Bertz CT molecular complexity index is 514. The van der Waals surface area contributed by atoms with E-state index in [1.54, 1.807) is 6.92 Å². The highest BCUT2D eigenvalue weighted by molar-refractivity contribution is 5.81. The second-order valence-corrected chi connectivity index (χ2v) is 4.33. The van der Waals surface area contributed by atoms with Gasteiger partial charge in [0, 0.05) is 25.8 Å². The predicted octanol–water partition coefficient (Wildman–Crippen LogP) is 1.02. The molecule has 0 heterocycles. The molecule has 6 heteroatoms. The lowest BCUT2D eigenvalue weighted by Gasteiger charge is -2.24. The van der Waals surface area contributed by atoms with Gasteiger partial charge in [-0.3, -0.25) is 4.79 Å². The van der Waals surface area contributed by atoms with Crippen molar-refractivity contribution in [1.82, 2.24) is 4.90 Å². The Balaban J connectivity index is 2.83. The molecule has 0 bridgehead atoms. The third-order valence-corrected chi connectivity index (χ3v) is 2.90. The first-order valence-corrected chi connectivity index (χ1v) is 6.25. The summed E-state index contributed by atoms with van der Waals surface area (Å²) in [6, 6.07) is 5.28. The van der Waals surface area contributed by atoms with Gasteiger partial charge in [-0.2, -0.15) is 5.26 Å². The number of nitrogens with two attached hydrogens (primary N) is 1. The third kappa shape index (κ3) is 4.02. The number of methoxy groups -OCH3 is 1. The first-order valence-electron chi connectivity index (χ1n) is 6.25. The number of benzene rings is 1. The smallest absolute Gasteiger partial charge is 0.242 e. The van der Waals surface area contributed by atoms with Crippen LogP contribution in [0.25, 0.3) is 0 Å². The van der Waals surface area contributed by atoms with Crippen LogP contribution < -0.4 is 5.73 Å². The van der Waals surface area contributed by atoms with Gasteiger partial charge >= 0.3 is 0 Å². The minimum Gasteiger partial charge on any atom is -0.383 e. The van der Waals surface area contributed by atoms with Gasteiger partial charge in [0.15, 0.2) is 0 Å². The van der Waals surface area contributed by atoms with Gasteiger partial charge in [0.05, 0.1) is 18.2 Å². The molecule has 1 atom stereocenters. The highest BCUT2D eigenvalue weighted by Gasteiger charge is 2.20. The average Bonchev–Trinajstić information content (AvgIpc) is 2.45. The molecular formula is C14H18FN3O2. The molecule has 0 aromatic heterocycles. The summed E-state index contributed by atoms with van der Waals surface area (Å²) in [7, 11) is 1.46. The maximum absolute atomic E-state index is 13.8. The van der Waals surface area contributed by atoms with E-state index in [2.05, 4.69) is 0 Å². The third-order valence-electron chi connectivity index (χ3n) is 2.90. The molecule has 0 saturated carbocycles. The molecule has 1 unspecified atom stereocenters. The second-order valence-electron chi connectivity index (χ2n) is 4.33. The molecule has 0 radical (unpaired) electrons. The van der Waals surface area contributed by atoms with Crippen LogP contribution in [0.15, 0.2) is 18.2 Å². The van der Waals surface area contributed by atoms with Gasteiger partial charge in [0.25, 0.3) is 0 Å². The number of ether oxygens (including phenoxy) is 1. The lowest BCUT2D eigenvalue weighted by molar-refractivity contribution is -0.134. The van der Waals surface area contributed by atoms with E-state index < -0.39 is 11.9 Å². The molecule has 0 saturated heterocycles. The molecule has 2 N–H and O–H groups in total.